The first kappa shape index (κ1) is 14.6. The van der Waals surface area contributed by atoms with E-state index in [1.807, 2.05) is 17.0 Å². The van der Waals surface area contributed by atoms with Crippen LogP contribution in [0.3, 0.4) is 0 Å². The number of carbonyl (C=O) groups is 1. The quantitative estimate of drug-likeness (QED) is 0.918. The highest BCUT2D eigenvalue weighted by Crippen LogP contribution is 2.31. The molecule has 7 heteroatoms. The monoisotopic (exact) mass is 322 g/mol. The summed E-state index contributed by atoms with van der Waals surface area (Å²) in [7, 11) is 0. The molecular weight excluding hydrogens is 304 g/mol. The topological polar surface area (TPSA) is 58.1 Å². The first-order valence-electron chi connectivity index (χ1n) is 7.16. The van der Waals surface area contributed by atoms with Crippen molar-refractivity contribution in [3.8, 4) is 0 Å². The van der Waals surface area contributed by atoms with Crippen LogP contribution in [0, 0.1) is 0 Å². The molecule has 3 heterocycles. The molecule has 1 amide bonds. The van der Waals surface area contributed by atoms with Crippen molar-refractivity contribution in [2.24, 2.45) is 0 Å². The summed E-state index contributed by atoms with van der Waals surface area (Å²) in [6, 6.07) is 0.381. The minimum Gasteiger partial charge on any atom is -0.302 e. The maximum Gasteiger partial charge on any atom is 0.227 e. The van der Waals surface area contributed by atoms with E-state index in [2.05, 4.69) is 20.2 Å². The molecule has 21 heavy (non-hydrogen) atoms. The van der Waals surface area contributed by atoms with Gasteiger partial charge in [-0.2, -0.15) is 0 Å². The number of amides is 1. The number of aromatic nitrogens is 2. The second-order valence-corrected chi connectivity index (χ2v) is 6.87. The van der Waals surface area contributed by atoms with Gasteiger partial charge in [0.2, 0.25) is 5.91 Å². The van der Waals surface area contributed by atoms with Gasteiger partial charge in [0.25, 0.3) is 0 Å². The molecule has 0 aromatic carbocycles. The Bertz CT molecular complexity index is 556. The highest BCUT2D eigenvalue weighted by Gasteiger charge is 2.25. The fourth-order valence-corrected chi connectivity index (χ4v) is 4.00. The second-order valence-electron chi connectivity index (χ2n) is 5.05. The first-order chi connectivity index (χ1) is 10.3. The second kappa shape index (κ2) is 7.11. The first-order valence-corrected chi connectivity index (χ1v) is 8.91. The molecule has 0 aliphatic carbocycles. The Morgan fingerprint density at radius 1 is 1.29 bits per heavy atom. The Hall–Kier alpha value is -1.31. The van der Waals surface area contributed by atoms with Crippen molar-refractivity contribution in [1.29, 1.82) is 0 Å². The maximum atomic E-state index is 12.0. The summed E-state index contributed by atoms with van der Waals surface area (Å²) in [6.45, 7) is 1.83. The molecule has 1 aliphatic heterocycles. The van der Waals surface area contributed by atoms with Crippen molar-refractivity contribution in [2.45, 2.75) is 31.7 Å². The fourth-order valence-electron chi connectivity index (χ4n) is 2.65. The number of rotatable bonds is 5. The average molecular weight is 322 g/mol. The number of thiazole rings is 2. The molecule has 2 aromatic heterocycles. The number of hydrogen-bond acceptors (Lipinski definition) is 6. The number of piperidine rings is 1. The lowest BCUT2D eigenvalue weighted by atomic mass is 10.0. The standard InChI is InChI=1S/C14H18N4OS2/c19-12(17-14-16-6-10-21-14)4-8-18-7-2-1-3-11(18)13-15-5-9-20-13/h5-6,9-11H,1-4,7-8H2,(H,16,17,19)/t11-/m1/s1. The molecule has 1 N–H and O–H groups in total. The van der Waals surface area contributed by atoms with Crippen LogP contribution in [0.4, 0.5) is 5.13 Å². The molecule has 1 aliphatic rings. The SMILES string of the molecule is O=C(CCN1CCCC[C@@H]1c1nccs1)Nc1nccs1. The van der Waals surface area contributed by atoms with Gasteiger partial charge in [-0.3, -0.25) is 9.69 Å². The highest BCUT2D eigenvalue weighted by atomic mass is 32.1. The zero-order valence-corrected chi connectivity index (χ0v) is 13.3. The third-order valence-electron chi connectivity index (χ3n) is 3.65. The summed E-state index contributed by atoms with van der Waals surface area (Å²) < 4.78 is 0. The lowest BCUT2D eigenvalue weighted by Gasteiger charge is -2.34. The van der Waals surface area contributed by atoms with Gasteiger partial charge in [-0.1, -0.05) is 6.42 Å². The molecule has 1 atom stereocenters. The molecule has 1 saturated heterocycles. The van der Waals surface area contributed by atoms with Crippen LogP contribution in [0.1, 0.15) is 36.7 Å². The van der Waals surface area contributed by atoms with Crippen LogP contribution in [0.25, 0.3) is 0 Å². The summed E-state index contributed by atoms with van der Waals surface area (Å²) in [5.74, 6) is 0.0356. The van der Waals surface area contributed by atoms with Gasteiger partial charge in [0.1, 0.15) is 5.01 Å². The Morgan fingerprint density at radius 2 is 2.14 bits per heavy atom. The van der Waals surface area contributed by atoms with Crippen molar-refractivity contribution in [2.75, 3.05) is 18.4 Å². The van der Waals surface area contributed by atoms with E-state index < -0.39 is 0 Å². The van der Waals surface area contributed by atoms with Gasteiger partial charge in [0.15, 0.2) is 5.13 Å². The van der Waals surface area contributed by atoms with Crippen molar-refractivity contribution < 1.29 is 4.79 Å². The Labute approximate surface area is 132 Å². The lowest BCUT2D eigenvalue weighted by molar-refractivity contribution is -0.116. The van der Waals surface area contributed by atoms with Crippen molar-refractivity contribution in [3.63, 3.8) is 0 Å². The van der Waals surface area contributed by atoms with E-state index in [0.717, 1.165) is 19.5 Å². The zero-order valence-electron chi connectivity index (χ0n) is 11.7. The molecule has 5 nitrogen and oxygen atoms in total. The molecule has 0 unspecified atom stereocenters. The third kappa shape index (κ3) is 3.87. The summed E-state index contributed by atoms with van der Waals surface area (Å²) in [5, 5.41) is 8.58. The number of hydrogen-bond donors (Lipinski definition) is 1. The van der Waals surface area contributed by atoms with E-state index in [0.29, 0.717) is 17.6 Å². The Balaban J connectivity index is 1.54. The van der Waals surface area contributed by atoms with Gasteiger partial charge < -0.3 is 5.32 Å². The predicted octanol–water partition coefficient (Wildman–Crippen LogP) is 3.16. The average Bonchev–Trinajstić information content (AvgIpc) is 3.18. The lowest BCUT2D eigenvalue weighted by Crippen LogP contribution is -2.35. The van der Waals surface area contributed by atoms with E-state index in [4.69, 9.17) is 0 Å². The van der Waals surface area contributed by atoms with Crippen LogP contribution in [-0.2, 0) is 4.79 Å². The smallest absolute Gasteiger partial charge is 0.227 e. The van der Waals surface area contributed by atoms with Crippen LogP contribution in [0.5, 0.6) is 0 Å². The fraction of sp³-hybridized carbons (Fsp3) is 0.500. The molecule has 2 aromatic rings. The van der Waals surface area contributed by atoms with Crippen LogP contribution in [0.15, 0.2) is 23.2 Å². The summed E-state index contributed by atoms with van der Waals surface area (Å²) >= 11 is 3.16. The maximum absolute atomic E-state index is 12.0. The van der Waals surface area contributed by atoms with E-state index in [-0.39, 0.29) is 5.91 Å². The van der Waals surface area contributed by atoms with Crippen molar-refractivity contribution >= 4 is 33.7 Å². The summed E-state index contributed by atoms with van der Waals surface area (Å²) in [4.78, 5) is 22.9. The number of carbonyl (C=O) groups excluding carboxylic acids is 1. The molecule has 0 radical (unpaired) electrons. The van der Waals surface area contributed by atoms with Crippen LogP contribution in [0.2, 0.25) is 0 Å². The summed E-state index contributed by atoms with van der Waals surface area (Å²) in [5.41, 5.74) is 0. The number of nitrogens with one attached hydrogen (secondary N) is 1. The largest absolute Gasteiger partial charge is 0.302 e. The molecule has 0 spiro atoms. The Kier molecular flexibility index (Phi) is 4.95. The van der Waals surface area contributed by atoms with Gasteiger partial charge in [-0.05, 0) is 19.4 Å². The molecule has 0 bridgehead atoms. The van der Waals surface area contributed by atoms with Gasteiger partial charge in [-0.15, -0.1) is 22.7 Å². The van der Waals surface area contributed by atoms with Gasteiger partial charge in [0.05, 0.1) is 6.04 Å². The molecular formula is C14H18N4OS2. The van der Waals surface area contributed by atoms with Crippen LogP contribution in [-0.4, -0.2) is 33.9 Å². The van der Waals surface area contributed by atoms with E-state index >= 15 is 0 Å². The Morgan fingerprint density at radius 3 is 2.90 bits per heavy atom. The molecule has 112 valence electrons. The highest BCUT2D eigenvalue weighted by molar-refractivity contribution is 7.13. The van der Waals surface area contributed by atoms with Crippen LogP contribution >= 0.6 is 22.7 Å². The van der Waals surface area contributed by atoms with Gasteiger partial charge in [-0.25, -0.2) is 9.97 Å². The molecule has 3 rings (SSSR count). The minimum atomic E-state index is 0.0356. The van der Waals surface area contributed by atoms with E-state index in [1.165, 1.54) is 29.2 Å². The van der Waals surface area contributed by atoms with E-state index in [9.17, 15) is 4.79 Å². The predicted molar refractivity (Wildman–Crippen MR) is 85.6 cm³/mol. The zero-order chi connectivity index (χ0) is 14.5. The van der Waals surface area contributed by atoms with Crippen molar-refractivity contribution in [3.05, 3.63) is 28.2 Å². The van der Waals surface area contributed by atoms with Gasteiger partial charge >= 0.3 is 0 Å². The number of anilines is 1. The number of likely N-dealkylation sites (tertiary alicyclic amines) is 1. The van der Waals surface area contributed by atoms with Gasteiger partial charge in [0, 0.05) is 36.1 Å². The minimum absolute atomic E-state index is 0.0356. The summed E-state index contributed by atoms with van der Waals surface area (Å²) in [6.07, 6.45) is 7.65. The third-order valence-corrected chi connectivity index (χ3v) is 5.22. The number of nitrogens with zero attached hydrogens (tertiary/aromatic N) is 3. The van der Waals surface area contributed by atoms with E-state index in [1.54, 1.807) is 17.5 Å². The normalized spacial score (nSPS) is 19.5. The van der Waals surface area contributed by atoms with Crippen molar-refractivity contribution in [1.82, 2.24) is 14.9 Å². The molecule has 0 saturated carbocycles. The van der Waals surface area contributed by atoms with Crippen LogP contribution < -0.4 is 5.32 Å². The molecule has 1 fully saturated rings.